The van der Waals surface area contributed by atoms with Gasteiger partial charge in [-0.1, -0.05) is 54.2 Å². The molecule has 5 rings (SSSR count). The number of rotatable bonds is 3. The number of nitrogens with zero attached hydrogens (tertiary/aromatic N) is 3. The lowest BCUT2D eigenvalue weighted by molar-refractivity contribution is -0.113. The van der Waals surface area contributed by atoms with Gasteiger partial charge in [0.1, 0.15) is 9.93 Å². The van der Waals surface area contributed by atoms with Gasteiger partial charge in [-0.3, -0.25) is 9.69 Å². The van der Waals surface area contributed by atoms with Gasteiger partial charge in [-0.15, -0.1) is 0 Å². The maximum absolute atomic E-state index is 13.7. The zero-order valence-corrected chi connectivity index (χ0v) is 18.9. The number of aryl methyl sites for hydroxylation is 1. The van der Waals surface area contributed by atoms with Crippen molar-refractivity contribution >= 4 is 51.7 Å². The molecular formula is C25H21N3OS2. The van der Waals surface area contributed by atoms with Crippen LogP contribution >= 0.6 is 23.5 Å². The van der Waals surface area contributed by atoms with Gasteiger partial charge in [-0.2, -0.15) is 0 Å². The van der Waals surface area contributed by atoms with Gasteiger partial charge in [0.05, 0.1) is 17.1 Å². The van der Waals surface area contributed by atoms with Gasteiger partial charge in [0.15, 0.2) is 5.17 Å². The third kappa shape index (κ3) is 3.66. The molecule has 0 bridgehead atoms. The van der Waals surface area contributed by atoms with Gasteiger partial charge < -0.3 is 4.90 Å². The molecule has 0 unspecified atom stereocenters. The number of para-hydroxylation sites is 2. The van der Waals surface area contributed by atoms with Crippen LogP contribution < -0.4 is 9.80 Å². The van der Waals surface area contributed by atoms with E-state index < -0.39 is 0 Å². The summed E-state index contributed by atoms with van der Waals surface area (Å²) in [5.41, 5.74) is 3.93. The molecular weight excluding hydrogens is 422 g/mol. The van der Waals surface area contributed by atoms with E-state index in [0.29, 0.717) is 5.17 Å². The molecule has 0 aliphatic carbocycles. The van der Waals surface area contributed by atoms with Gasteiger partial charge in [0.2, 0.25) is 0 Å². The second kappa shape index (κ2) is 8.29. The number of benzene rings is 3. The third-order valence-electron chi connectivity index (χ3n) is 5.14. The molecule has 2 aliphatic heterocycles. The van der Waals surface area contributed by atoms with Crippen LogP contribution in [-0.4, -0.2) is 17.6 Å². The summed E-state index contributed by atoms with van der Waals surface area (Å²) < 4.78 is 0. The zero-order valence-electron chi connectivity index (χ0n) is 17.3. The maximum Gasteiger partial charge on any atom is 0.274 e. The summed E-state index contributed by atoms with van der Waals surface area (Å²) in [5.74, 6) is -0.0287. The molecule has 1 saturated heterocycles. The van der Waals surface area contributed by atoms with E-state index in [9.17, 15) is 4.79 Å². The molecule has 2 aliphatic rings. The van der Waals surface area contributed by atoms with Crippen molar-refractivity contribution in [2.45, 2.75) is 18.7 Å². The highest BCUT2D eigenvalue weighted by atomic mass is 32.2. The number of hydrogen-bond donors (Lipinski definition) is 0. The first-order chi connectivity index (χ1) is 15.2. The molecule has 0 aromatic heterocycles. The molecule has 3 aromatic rings. The Bertz CT molecular complexity index is 1220. The lowest BCUT2D eigenvalue weighted by Crippen LogP contribution is -2.29. The molecule has 1 amide bonds. The summed E-state index contributed by atoms with van der Waals surface area (Å²) in [6, 6.07) is 26.1. The fourth-order valence-corrected chi connectivity index (χ4v) is 6.10. The van der Waals surface area contributed by atoms with Crippen LogP contribution in [0.4, 0.5) is 17.1 Å². The van der Waals surface area contributed by atoms with Gasteiger partial charge in [0.25, 0.3) is 5.91 Å². The van der Waals surface area contributed by atoms with Crippen LogP contribution in [0.2, 0.25) is 0 Å². The molecule has 4 nitrogen and oxygen atoms in total. The highest BCUT2D eigenvalue weighted by Gasteiger charge is 2.40. The van der Waals surface area contributed by atoms with E-state index in [1.807, 2.05) is 73.7 Å². The van der Waals surface area contributed by atoms with Gasteiger partial charge >= 0.3 is 0 Å². The van der Waals surface area contributed by atoms with E-state index in [2.05, 4.69) is 24.0 Å². The Labute approximate surface area is 190 Å². The smallest absolute Gasteiger partial charge is 0.274 e. The molecule has 6 heteroatoms. The molecule has 0 radical (unpaired) electrons. The van der Waals surface area contributed by atoms with Crippen molar-refractivity contribution in [1.29, 1.82) is 0 Å². The number of carbonyl (C=O) groups excluding carboxylic acids is 1. The van der Waals surface area contributed by atoms with E-state index in [1.165, 1.54) is 16.7 Å². The first kappa shape index (κ1) is 20.0. The first-order valence-corrected chi connectivity index (χ1v) is 11.8. The summed E-state index contributed by atoms with van der Waals surface area (Å²) in [5, 5.41) is 1.66. The van der Waals surface area contributed by atoms with Crippen molar-refractivity contribution in [2.24, 2.45) is 4.99 Å². The second-order valence-corrected chi connectivity index (χ2v) is 9.27. The SMILES string of the molecule is CCN1/C(=C2/SC(=Nc3ccccc3)N(c3cccc(C)c3)C2=O)Sc2ccccc21. The minimum Gasteiger partial charge on any atom is -0.334 e. The zero-order chi connectivity index (χ0) is 21.4. The summed E-state index contributed by atoms with van der Waals surface area (Å²) >= 11 is 3.11. The number of thioether (sulfide) groups is 2. The lowest BCUT2D eigenvalue weighted by Gasteiger charge is -2.19. The predicted octanol–water partition coefficient (Wildman–Crippen LogP) is 6.56. The van der Waals surface area contributed by atoms with Crippen molar-refractivity contribution in [2.75, 3.05) is 16.3 Å². The highest BCUT2D eigenvalue weighted by Crippen LogP contribution is 2.51. The Morgan fingerprint density at radius 2 is 1.68 bits per heavy atom. The molecule has 2 heterocycles. The Balaban J connectivity index is 1.64. The van der Waals surface area contributed by atoms with E-state index in [4.69, 9.17) is 4.99 Å². The minimum atomic E-state index is -0.0287. The van der Waals surface area contributed by atoms with Crippen molar-refractivity contribution in [3.63, 3.8) is 0 Å². The molecule has 0 atom stereocenters. The number of carbonyl (C=O) groups is 1. The van der Waals surface area contributed by atoms with Crippen molar-refractivity contribution in [1.82, 2.24) is 0 Å². The number of amides is 1. The maximum atomic E-state index is 13.7. The largest absolute Gasteiger partial charge is 0.334 e. The van der Waals surface area contributed by atoms with E-state index in [1.54, 1.807) is 16.7 Å². The number of amidine groups is 1. The Hall–Kier alpha value is -2.96. The molecule has 1 fully saturated rings. The van der Waals surface area contributed by atoms with E-state index in [0.717, 1.165) is 39.1 Å². The van der Waals surface area contributed by atoms with E-state index in [-0.39, 0.29) is 5.91 Å². The van der Waals surface area contributed by atoms with Crippen LogP contribution in [0.3, 0.4) is 0 Å². The number of fused-ring (bicyclic) bond motifs is 1. The monoisotopic (exact) mass is 443 g/mol. The first-order valence-electron chi connectivity index (χ1n) is 10.2. The summed E-state index contributed by atoms with van der Waals surface area (Å²) in [4.78, 5) is 24.4. The third-order valence-corrected chi connectivity index (χ3v) is 7.48. The average Bonchev–Trinajstić information content (AvgIpc) is 3.31. The molecule has 0 saturated carbocycles. The number of aliphatic imine (C=N–C) groups is 1. The molecule has 154 valence electrons. The quantitative estimate of drug-likeness (QED) is 0.429. The van der Waals surface area contributed by atoms with Crippen LogP contribution in [-0.2, 0) is 4.79 Å². The standard InChI is InChI=1S/C25H21N3OS2/c1-3-27-20-14-7-8-15-21(20)30-24(27)22-23(29)28(19-13-9-10-17(2)16-19)25(31-22)26-18-11-5-4-6-12-18/h4-16H,3H2,1-2H3/b24-22-,26-25?. The highest BCUT2D eigenvalue weighted by molar-refractivity contribution is 8.20. The van der Waals surface area contributed by atoms with Gasteiger partial charge in [-0.25, -0.2) is 4.99 Å². The van der Waals surface area contributed by atoms with Crippen LogP contribution in [0.25, 0.3) is 0 Å². The fraction of sp³-hybridized carbons (Fsp3) is 0.120. The second-order valence-electron chi connectivity index (χ2n) is 7.26. The van der Waals surface area contributed by atoms with Crippen LogP contribution in [0, 0.1) is 6.92 Å². The predicted molar refractivity (Wildman–Crippen MR) is 132 cm³/mol. The van der Waals surface area contributed by atoms with Crippen LogP contribution in [0.5, 0.6) is 0 Å². The molecule has 0 N–H and O–H groups in total. The average molecular weight is 444 g/mol. The molecule has 0 spiro atoms. The molecule has 31 heavy (non-hydrogen) atoms. The summed E-state index contributed by atoms with van der Waals surface area (Å²) in [6.45, 7) is 4.95. The van der Waals surface area contributed by atoms with Crippen molar-refractivity contribution < 1.29 is 4.79 Å². The Morgan fingerprint density at radius 3 is 2.45 bits per heavy atom. The van der Waals surface area contributed by atoms with E-state index >= 15 is 0 Å². The van der Waals surface area contributed by atoms with Crippen molar-refractivity contribution in [3.05, 3.63) is 94.4 Å². The fourth-order valence-electron chi connectivity index (χ4n) is 3.70. The summed E-state index contributed by atoms with van der Waals surface area (Å²) in [6.07, 6.45) is 0. The van der Waals surface area contributed by atoms with Crippen molar-refractivity contribution in [3.8, 4) is 0 Å². The lowest BCUT2D eigenvalue weighted by atomic mass is 10.2. The normalized spacial score (nSPS) is 19.4. The number of anilines is 2. The van der Waals surface area contributed by atoms with Gasteiger partial charge in [0, 0.05) is 11.4 Å². The van der Waals surface area contributed by atoms with Gasteiger partial charge in [-0.05, 0) is 67.6 Å². The Morgan fingerprint density at radius 1 is 0.903 bits per heavy atom. The minimum absolute atomic E-state index is 0.0287. The topological polar surface area (TPSA) is 35.9 Å². The Kier molecular flexibility index (Phi) is 5.34. The number of hydrogen-bond acceptors (Lipinski definition) is 5. The van der Waals surface area contributed by atoms with Crippen LogP contribution in [0.1, 0.15) is 12.5 Å². The summed E-state index contributed by atoms with van der Waals surface area (Å²) in [7, 11) is 0. The molecule has 3 aromatic carbocycles. The van der Waals surface area contributed by atoms with Crippen LogP contribution in [0.15, 0.2) is 98.7 Å².